The molecule has 1 N–H and O–H groups in total. The van der Waals surface area contributed by atoms with E-state index >= 15 is 0 Å². The summed E-state index contributed by atoms with van der Waals surface area (Å²) in [4.78, 5) is 2.35. The van der Waals surface area contributed by atoms with Gasteiger partial charge in [0.2, 0.25) is 0 Å². The van der Waals surface area contributed by atoms with Gasteiger partial charge in [-0.1, -0.05) is 140 Å². The summed E-state index contributed by atoms with van der Waals surface area (Å²) in [5, 5.41) is 6.27. The van der Waals surface area contributed by atoms with E-state index in [1.54, 1.807) is 0 Å². The molecule has 0 radical (unpaired) electrons. The minimum Gasteiger partial charge on any atom is -0.355 e. The highest BCUT2D eigenvalue weighted by atomic mass is 15.1. The molecule has 0 aliphatic carbocycles. The van der Waals surface area contributed by atoms with Crippen molar-refractivity contribution in [3.8, 4) is 33.4 Å². The molecule has 0 aliphatic heterocycles. The molecule has 8 aromatic carbocycles. The molecule has 228 valence electrons. The highest BCUT2D eigenvalue weighted by molar-refractivity contribution is 5.91. The molecule has 0 aliphatic rings. The molecule has 8 aromatic rings. The Hall–Kier alpha value is -6.38. The maximum Gasteiger partial charge on any atom is 0.0488 e. The number of nitrogens with one attached hydrogen (secondary N) is 1. The Morgan fingerprint density at radius 3 is 1.29 bits per heavy atom. The number of nitrogens with zero attached hydrogens (tertiary/aromatic N) is 1. The van der Waals surface area contributed by atoms with Gasteiger partial charge in [-0.2, -0.15) is 0 Å². The number of para-hydroxylation sites is 1. The van der Waals surface area contributed by atoms with E-state index in [-0.39, 0.29) is 0 Å². The molecule has 0 heterocycles. The fraction of sp³-hybridized carbons (Fsp3) is 0. The molecule has 0 atom stereocenters. The van der Waals surface area contributed by atoms with Crippen LogP contribution < -0.4 is 10.2 Å². The molecule has 0 aromatic heterocycles. The fourth-order valence-electron chi connectivity index (χ4n) is 6.41. The third kappa shape index (κ3) is 6.20. The summed E-state index contributed by atoms with van der Waals surface area (Å²) in [6, 6.07) is 71.2. The largest absolute Gasteiger partial charge is 0.355 e. The average molecular weight is 615 g/mol. The minimum atomic E-state index is 1.01. The van der Waals surface area contributed by atoms with Crippen molar-refractivity contribution >= 4 is 39.2 Å². The van der Waals surface area contributed by atoms with Crippen molar-refractivity contribution in [2.75, 3.05) is 10.2 Å². The monoisotopic (exact) mass is 614 g/mol. The second kappa shape index (κ2) is 13.2. The number of anilines is 5. The van der Waals surface area contributed by atoms with Crippen LogP contribution in [0.15, 0.2) is 200 Å². The highest BCUT2D eigenvalue weighted by Crippen LogP contribution is 2.40. The van der Waals surface area contributed by atoms with Gasteiger partial charge in [-0.3, -0.25) is 0 Å². The third-order valence-electron chi connectivity index (χ3n) is 8.72. The van der Waals surface area contributed by atoms with Crippen LogP contribution in [0.3, 0.4) is 0 Å². The number of hydrogen-bond acceptors (Lipinski definition) is 2. The van der Waals surface area contributed by atoms with Crippen molar-refractivity contribution in [2.45, 2.75) is 0 Å². The van der Waals surface area contributed by atoms with Crippen LogP contribution in [0.1, 0.15) is 0 Å². The zero-order chi connectivity index (χ0) is 32.1. The molecule has 0 spiro atoms. The number of rotatable bonds is 8. The molecule has 0 saturated heterocycles. The van der Waals surface area contributed by atoms with Gasteiger partial charge in [0, 0.05) is 28.4 Å². The van der Waals surface area contributed by atoms with Crippen molar-refractivity contribution in [2.24, 2.45) is 0 Å². The van der Waals surface area contributed by atoms with Crippen LogP contribution >= 0.6 is 0 Å². The first-order valence-corrected chi connectivity index (χ1v) is 16.3. The van der Waals surface area contributed by atoms with Crippen molar-refractivity contribution in [3.05, 3.63) is 200 Å². The molecule has 8 rings (SSSR count). The zero-order valence-electron chi connectivity index (χ0n) is 26.5. The second-order valence-corrected chi connectivity index (χ2v) is 12.0. The summed E-state index contributed by atoms with van der Waals surface area (Å²) >= 11 is 0. The van der Waals surface area contributed by atoms with E-state index in [0.717, 1.165) is 39.6 Å². The summed E-state index contributed by atoms with van der Waals surface area (Å²) in [6.45, 7) is 0. The number of hydrogen-bond donors (Lipinski definition) is 1. The zero-order valence-corrected chi connectivity index (χ0v) is 26.5. The molecular formula is C46H34N2. The predicted octanol–water partition coefficient (Wildman–Crippen LogP) is 13.1. The van der Waals surface area contributed by atoms with Crippen LogP contribution in [-0.4, -0.2) is 0 Å². The van der Waals surface area contributed by atoms with Gasteiger partial charge >= 0.3 is 0 Å². The number of benzene rings is 8. The molecule has 2 nitrogen and oxygen atoms in total. The quantitative estimate of drug-likeness (QED) is 0.183. The summed E-state index contributed by atoms with van der Waals surface area (Å²) < 4.78 is 0. The van der Waals surface area contributed by atoms with Gasteiger partial charge in [0.25, 0.3) is 0 Å². The third-order valence-corrected chi connectivity index (χ3v) is 8.72. The van der Waals surface area contributed by atoms with Gasteiger partial charge in [0.1, 0.15) is 0 Å². The normalized spacial score (nSPS) is 10.9. The standard InChI is InChI=1S/C46H34N2/c1-5-15-34(16-6-1)39-27-40(35-17-7-2-8-18-35)29-42(28-39)47-43-30-41(36-19-9-3-10-20-36)32-46(33-43)48(44-23-11-4-12-24-44)45-26-25-37-21-13-14-22-38(37)31-45/h1-33,47H. The molecule has 0 saturated carbocycles. The average Bonchev–Trinajstić information content (AvgIpc) is 3.16. The lowest BCUT2D eigenvalue weighted by Crippen LogP contribution is -2.10. The van der Waals surface area contributed by atoms with Crippen LogP contribution in [-0.2, 0) is 0 Å². The van der Waals surface area contributed by atoms with Crippen LogP contribution in [0.4, 0.5) is 28.4 Å². The first-order valence-electron chi connectivity index (χ1n) is 16.3. The SMILES string of the molecule is c1ccc(-c2cc(Nc3cc(-c4ccccc4)cc(N(c4ccccc4)c4ccc5ccccc5c4)c3)cc(-c3ccccc3)c2)cc1. The van der Waals surface area contributed by atoms with Gasteiger partial charge in [0.15, 0.2) is 0 Å². The van der Waals surface area contributed by atoms with Crippen molar-refractivity contribution in [1.82, 2.24) is 0 Å². The molecular weight excluding hydrogens is 581 g/mol. The Balaban J connectivity index is 1.29. The maximum atomic E-state index is 3.84. The van der Waals surface area contributed by atoms with E-state index in [1.165, 1.54) is 33.0 Å². The van der Waals surface area contributed by atoms with Gasteiger partial charge in [-0.15, -0.1) is 0 Å². The molecule has 0 fully saturated rings. The van der Waals surface area contributed by atoms with E-state index in [4.69, 9.17) is 0 Å². The van der Waals surface area contributed by atoms with Gasteiger partial charge in [-0.25, -0.2) is 0 Å². The smallest absolute Gasteiger partial charge is 0.0488 e. The topological polar surface area (TPSA) is 15.3 Å². The molecule has 0 bridgehead atoms. The molecule has 48 heavy (non-hydrogen) atoms. The van der Waals surface area contributed by atoms with Crippen molar-refractivity contribution in [3.63, 3.8) is 0 Å². The second-order valence-electron chi connectivity index (χ2n) is 12.0. The van der Waals surface area contributed by atoms with Crippen LogP contribution in [0.5, 0.6) is 0 Å². The molecule has 0 unspecified atom stereocenters. The van der Waals surface area contributed by atoms with Gasteiger partial charge in [-0.05, 0) is 105 Å². The summed E-state index contributed by atoms with van der Waals surface area (Å²) in [6.07, 6.45) is 0. The maximum absolute atomic E-state index is 3.84. The van der Waals surface area contributed by atoms with Gasteiger partial charge in [0.05, 0.1) is 0 Å². The Morgan fingerprint density at radius 1 is 0.271 bits per heavy atom. The van der Waals surface area contributed by atoms with E-state index in [2.05, 4.69) is 210 Å². The highest BCUT2D eigenvalue weighted by Gasteiger charge is 2.16. The summed E-state index contributed by atoms with van der Waals surface area (Å²) in [5.74, 6) is 0. The van der Waals surface area contributed by atoms with Crippen LogP contribution in [0, 0.1) is 0 Å². The minimum absolute atomic E-state index is 1.01. The number of fused-ring (bicyclic) bond motifs is 1. The Bertz CT molecular complexity index is 2240. The Labute approximate surface area is 282 Å². The lowest BCUT2D eigenvalue weighted by molar-refractivity contribution is 1.29. The van der Waals surface area contributed by atoms with Gasteiger partial charge < -0.3 is 10.2 Å². The summed E-state index contributed by atoms with van der Waals surface area (Å²) in [5.41, 5.74) is 12.3. The lowest BCUT2D eigenvalue weighted by atomic mass is 9.97. The van der Waals surface area contributed by atoms with Crippen molar-refractivity contribution in [1.29, 1.82) is 0 Å². The predicted molar refractivity (Wildman–Crippen MR) is 205 cm³/mol. The fourth-order valence-corrected chi connectivity index (χ4v) is 6.41. The van der Waals surface area contributed by atoms with E-state index in [9.17, 15) is 0 Å². The Kier molecular flexibility index (Phi) is 7.96. The Morgan fingerprint density at radius 2 is 0.729 bits per heavy atom. The van der Waals surface area contributed by atoms with E-state index in [0.29, 0.717) is 0 Å². The van der Waals surface area contributed by atoms with Crippen molar-refractivity contribution < 1.29 is 0 Å². The molecule has 0 amide bonds. The van der Waals surface area contributed by atoms with Crippen LogP contribution in [0.2, 0.25) is 0 Å². The lowest BCUT2D eigenvalue weighted by Gasteiger charge is -2.27. The van der Waals surface area contributed by atoms with E-state index in [1.807, 2.05) is 0 Å². The molecule has 2 heteroatoms. The first-order chi connectivity index (χ1) is 23.8. The summed E-state index contributed by atoms with van der Waals surface area (Å²) in [7, 11) is 0. The first kappa shape index (κ1) is 29.1. The van der Waals surface area contributed by atoms with Crippen LogP contribution in [0.25, 0.3) is 44.2 Å². The van der Waals surface area contributed by atoms with E-state index < -0.39 is 0 Å².